The molecule has 0 aliphatic heterocycles. The Morgan fingerprint density at radius 2 is 1.88 bits per heavy atom. The first-order valence-corrected chi connectivity index (χ1v) is 2.60. The Kier molecular flexibility index (Phi) is 2.48. The maximum atomic E-state index is 10.3. The molecule has 0 aliphatic rings. The molecule has 3 heteroatoms. The maximum absolute atomic E-state index is 10.3. The molecule has 0 saturated carbocycles. The Bertz CT molecular complexity index is 90.4. The van der Waals surface area contributed by atoms with E-state index >= 15 is 0 Å². The summed E-state index contributed by atoms with van der Waals surface area (Å²) in [6, 6.07) is -0.132. The minimum absolute atomic E-state index is 0.132. The molecule has 0 aromatic rings. The molecule has 3 nitrogen and oxygen atoms in total. The molecule has 0 aliphatic carbocycles. The molecule has 0 fully saturated rings. The molecule has 1 amide bonds. The standard InChI is InChI=1S/C5H12N2O/c1-3(4(2)6)5(7)8/h3-4H,6H2,1-2H3,(H2,7,8). The average molecular weight is 116 g/mol. The highest BCUT2D eigenvalue weighted by Gasteiger charge is 2.11. The minimum atomic E-state index is -0.333. The summed E-state index contributed by atoms with van der Waals surface area (Å²) in [5.74, 6) is -0.546. The summed E-state index contributed by atoms with van der Waals surface area (Å²) in [7, 11) is 0. The molecule has 8 heavy (non-hydrogen) atoms. The molecule has 2 unspecified atom stereocenters. The van der Waals surface area contributed by atoms with Crippen LogP contribution in [0.1, 0.15) is 13.8 Å². The molecule has 0 aromatic carbocycles. The van der Waals surface area contributed by atoms with E-state index in [9.17, 15) is 4.79 Å². The van der Waals surface area contributed by atoms with Crippen molar-refractivity contribution >= 4 is 5.91 Å². The van der Waals surface area contributed by atoms with E-state index in [1.807, 2.05) is 0 Å². The Morgan fingerprint density at radius 1 is 1.50 bits per heavy atom. The predicted octanol–water partition coefficient (Wildman–Crippen LogP) is -0.545. The first-order chi connectivity index (χ1) is 3.55. The van der Waals surface area contributed by atoms with Crippen LogP contribution in [-0.2, 0) is 4.79 Å². The third-order valence-electron chi connectivity index (χ3n) is 1.24. The van der Waals surface area contributed by atoms with E-state index in [0.29, 0.717) is 0 Å². The highest BCUT2D eigenvalue weighted by atomic mass is 16.1. The normalized spacial score (nSPS) is 17.4. The van der Waals surface area contributed by atoms with Crippen molar-refractivity contribution in [2.24, 2.45) is 17.4 Å². The van der Waals surface area contributed by atoms with Crippen LogP contribution in [0.3, 0.4) is 0 Å². The molecule has 0 spiro atoms. The first-order valence-electron chi connectivity index (χ1n) is 2.60. The zero-order chi connectivity index (χ0) is 6.73. The Labute approximate surface area is 49.0 Å². The number of hydrogen-bond donors (Lipinski definition) is 2. The fraction of sp³-hybridized carbons (Fsp3) is 0.800. The largest absolute Gasteiger partial charge is 0.369 e. The second kappa shape index (κ2) is 2.67. The number of carbonyl (C=O) groups is 1. The first kappa shape index (κ1) is 7.43. The molecule has 48 valence electrons. The van der Waals surface area contributed by atoms with Crippen molar-refractivity contribution in [3.8, 4) is 0 Å². The summed E-state index contributed by atoms with van der Waals surface area (Å²) < 4.78 is 0. The molecule has 0 aromatic heterocycles. The van der Waals surface area contributed by atoms with Gasteiger partial charge in [-0.3, -0.25) is 4.79 Å². The summed E-state index contributed by atoms with van der Waals surface area (Å²) in [4.78, 5) is 10.3. The Balaban J connectivity index is 3.64. The van der Waals surface area contributed by atoms with Crippen molar-refractivity contribution in [3.05, 3.63) is 0 Å². The van der Waals surface area contributed by atoms with Gasteiger partial charge in [-0.15, -0.1) is 0 Å². The van der Waals surface area contributed by atoms with Crippen LogP contribution in [0, 0.1) is 5.92 Å². The van der Waals surface area contributed by atoms with Crippen LogP contribution in [0.4, 0.5) is 0 Å². The molecule has 0 saturated heterocycles. The van der Waals surface area contributed by atoms with Crippen LogP contribution < -0.4 is 11.5 Å². The summed E-state index contributed by atoms with van der Waals surface area (Å²) >= 11 is 0. The Hall–Kier alpha value is -0.570. The van der Waals surface area contributed by atoms with Crippen molar-refractivity contribution in [3.63, 3.8) is 0 Å². The molecular formula is C5H12N2O. The van der Waals surface area contributed by atoms with Crippen LogP contribution >= 0.6 is 0 Å². The van der Waals surface area contributed by atoms with Crippen molar-refractivity contribution in [2.45, 2.75) is 19.9 Å². The van der Waals surface area contributed by atoms with E-state index < -0.39 is 0 Å². The third kappa shape index (κ3) is 1.93. The van der Waals surface area contributed by atoms with Crippen LogP contribution in [0.2, 0.25) is 0 Å². The van der Waals surface area contributed by atoms with Gasteiger partial charge in [-0.1, -0.05) is 6.92 Å². The fourth-order valence-corrected chi connectivity index (χ4v) is 0.259. The van der Waals surface area contributed by atoms with Gasteiger partial charge in [-0.25, -0.2) is 0 Å². The molecule has 4 N–H and O–H groups in total. The molecule has 0 bridgehead atoms. The SMILES string of the molecule is CC(N)C(C)C(N)=O. The number of carbonyl (C=O) groups excluding carboxylic acids is 1. The van der Waals surface area contributed by atoms with Crippen LogP contribution in [0.25, 0.3) is 0 Å². The maximum Gasteiger partial charge on any atom is 0.221 e. The van der Waals surface area contributed by atoms with E-state index in [0.717, 1.165) is 0 Å². The van der Waals surface area contributed by atoms with Gasteiger partial charge >= 0.3 is 0 Å². The van der Waals surface area contributed by atoms with Gasteiger partial charge in [-0.2, -0.15) is 0 Å². The summed E-state index contributed by atoms with van der Waals surface area (Å²) in [5, 5.41) is 0. The van der Waals surface area contributed by atoms with Crippen LogP contribution in [0.15, 0.2) is 0 Å². The quantitative estimate of drug-likeness (QED) is 0.508. The molecular weight excluding hydrogens is 104 g/mol. The zero-order valence-electron chi connectivity index (χ0n) is 5.22. The predicted molar refractivity (Wildman–Crippen MR) is 32.0 cm³/mol. The topological polar surface area (TPSA) is 69.1 Å². The van der Waals surface area contributed by atoms with Crippen LogP contribution in [0.5, 0.6) is 0 Å². The monoisotopic (exact) mass is 116 g/mol. The number of amides is 1. The number of primary amides is 1. The lowest BCUT2D eigenvalue weighted by Crippen LogP contribution is -2.34. The number of rotatable bonds is 2. The smallest absolute Gasteiger partial charge is 0.221 e. The lowest BCUT2D eigenvalue weighted by Gasteiger charge is -2.09. The molecule has 0 radical (unpaired) electrons. The fourth-order valence-electron chi connectivity index (χ4n) is 0.259. The highest BCUT2D eigenvalue weighted by Crippen LogP contribution is 1.95. The van der Waals surface area contributed by atoms with Crippen molar-refractivity contribution in [2.75, 3.05) is 0 Å². The molecule has 0 heterocycles. The lowest BCUT2D eigenvalue weighted by atomic mass is 10.1. The van der Waals surface area contributed by atoms with Gasteiger partial charge in [0.1, 0.15) is 0 Å². The lowest BCUT2D eigenvalue weighted by molar-refractivity contribution is -0.121. The van der Waals surface area contributed by atoms with Gasteiger partial charge < -0.3 is 11.5 Å². The van der Waals surface area contributed by atoms with Crippen molar-refractivity contribution < 1.29 is 4.79 Å². The van der Waals surface area contributed by atoms with E-state index in [2.05, 4.69) is 0 Å². The number of nitrogens with two attached hydrogens (primary N) is 2. The molecule has 0 rings (SSSR count). The second-order valence-electron chi connectivity index (χ2n) is 2.05. The minimum Gasteiger partial charge on any atom is -0.369 e. The zero-order valence-corrected chi connectivity index (χ0v) is 5.22. The average Bonchev–Trinajstić information content (AvgIpc) is 1.64. The van der Waals surface area contributed by atoms with Crippen LogP contribution in [-0.4, -0.2) is 11.9 Å². The number of hydrogen-bond acceptors (Lipinski definition) is 2. The molecule has 2 atom stereocenters. The summed E-state index contributed by atoms with van der Waals surface area (Å²) in [6.45, 7) is 3.47. The van der Waals surface area contributed by atoms with Gasteiger partial charge in [-0.05, 0) is 6.92 Å². The van der Waals surface area contributed by atoms with E-state index in [-0.39, 0.29) is 17.9 Å². The van der Waals surface area contributed by atoms with Gasteiger partial charge in [0.05, 0.1) is 0 Å². The summed E-state index contributed by atoms with van der Waals surface area (Å²) in [5.41, 5.74) is 10.3. The van der Waals surface area contributed by atoms with Crippen molar-refractivity contribution in [1.29, 1.82) is 0 Å². The third-order valence-corrected chi connectivity index (χ3v) is 1.24. The van der Waals surface area contributed by atoms with Gasteiger partial charge in [0, 0.05) is 12.0 Å². The van der Waals surface area contributed by atoms with E-state index in [1.54, 1.807) is 13.8 Å². The second-order valence-corrected chi connectivity index (χ2v) is 2.05. The van der Waals surface area contributed by atoms with Gasteiger partial charge in [0.25, 0.3) is 0 Å². The van der Waals surface area contributed by atoms with Gasteiger partial charge in [0.15, 0.2) is 0 Å². The Morgan fingerprint density at radius 3 is 1.88 bits per heavy atom. The van der Waals surface area contributed by atoms with E-state index in [1.165, 1.54) is 0 Å². The van der Waals surface area contributed by atoms with E-state index in [4.69, 9.17) is 11.5 Å². The highest BCUT2D eigenvalue weighted by molar-refractivity contribution is 5.76. The summed E-state index contributed by atoms with van der Waals surface area (Å²) in [6.07, 6.45) is 0. The van der Waals surface area contributed by atoms with Gasteiger partial charge in [0.2, 0.25) is 5.91 Å². The van der Waals surface area contributed by atoms with Crippen molar-refractivity contribution in [1.82, 2.24) is 0 Å².